The molecule has 0 saturated carbocycles. The van der Waals surface area contributed by atoms with Gasteiger partial charge in [-0.3, -0.25) is 10.1 Å². The fourth-order valence-corrected chi connectivity index (χ4v) is 3.27. The molecular formula is C20H31N3O5. The molecule has 1 fully saturated rings. The van der Waals surface area contributed by atoms with Gasteiger partial charge in [0.05, 0.1) is 12.0 Å². The molecule has 8 nitrogen and oxygen atoms in total. The van der Waals surface area contributed by atoms with Crippen LogP contribution in [-0.2, 0) is 4.74 Å². The van der Waals surface area contributed by atoms with Gasteiger partial charge < -0.3 is 19.7 Å². The van der Waals surface area contributed by atoms with E-state index in [1.54, 1.807) is 24.1 Å². The van der Waals surface area contributed by atoms with Gasteiger partial charge in [0.1, 0.15) is 11.4 Å². The second kappa shape index (κ2) is 9.23. The summed E-state index contributed by atoms with van der Waals surface area (Å²) in [5, 5.41) is 14.8. The minimum atomic E-state index is -0.493. The monoisotopic (exact) mass is 393 g/mol. The highest BCUT2D eigenvalue weighted by molar-refractivity contribution is 5.68. The van der Waals surface area contributed by atoms with E-state index in [2.05, 4.69) is 5.32 Å². The van der Waals surface area contributed by atoms with E-state index in [-0.39, 0.29) is 28.7 Å². The Hall–Kier alpha value is -2.35. The number of hydrogen-bond donors (Lipinski definition) is 1. The molecule has 0 radical (unpaired) electrons. The van der Waals surface area contributed by atoms with E-state index >= 15 is 0 Å². The largest absolute Gasteiger partial charge is 0.497 e. The second-order valence-electron chi connectivity index (χ2n) is 8.23. The lowest BCUT2D eigenvalue weighted by atomic mass is 9.97. The number of likely N-dealkylation sites (tertiary alicyclic amines) is 1. The van der Waals surface area contributed by atoms with E-state index in [0.29, 0.717) is 30.9 Å². The lowest BCUT2D eigenvalue weighted by Gasteiger charge is -2.34. The lowest BCUT2D eigenvalue weighted by molar-refractivity contribution is -0.385. The van der Waals surface area contributed by atoms with Crippen molar-refractivity contribution in [1.82, 2.24) is 10.2 Å². The molecule has 1 unspecified atom stereocenters. The Morgan fingerprint density at radius 2 is 2.00 bits per heavy atom. The van der Waals surface area contributed by atoms with Gasteiger partial charge in [0.15, 0.2) is 0 Å². The Morgan fingerprint density at radius 1 is 1.36 bits per heavy atom. The molecular weight excluding hydrogens is 362 g/mol. The smallest absolute Gasteiger partial charge is 0.410 e. The Bertz CT molecular complexity index is 694. The van der Waals surface area contributed by atoms with Crippen LogP contribution in [-0.4, -0.2) is 54.3 Å². The summed E-state index contributed by atoms with van der Waals surface area (Å²) in [7, 11) is 1.55. The van der Waals surface area contributed by atoms with Gasteiger partial charge in [-0.25, -0.2) is 4.79 Å². The van der Waals surface area contributed by atoms with Crippen molar-refractivity contribution >= 4 is 11.8 Å². The van der Waals surface area contributed by atoms with E-state index in [1.807, 2.05) is 27.7 Å². The van der Waals surface area contributed by atoms with E-state index in [9.17, 15) is 14.9 Å². The first-order valence-corrected chi connectivity index (χ1v) is 9.64. The van der Waals surface area contributed by atoms with Crippen molar-refractivity contribution in [2.75, 3.05) is 26.7 Å². The summed E-state index contributed by atoms with van der Waals surface area (Å²) in [4.78, 5) is 24.8. The van der Waals surface area contributed by atoms with Gasteiger partial charge in [0.25, 0.3) is 5.69 Å². The minimum Gasteiger partial charge on any atom is -0.497 e. The fraction of sp³-hybridized carbons (Fsp3) is 0.650. The number of ether oxygens (including phenoxy) is 2. The Balaban J connectivity index is 1.89. The molecule has 1 aliphatic rings. The molecule has 1 aromatic rings. The summed E-state index contributed by atoms with van der Waals surface area (Å²) in [6, 6.07) is 5.10. The second-order valence-corrected chi connectivity index (χ2v) is 8.23. The molecule has 0 spiro atoms. The average molecular weight is 393 g/mol. The molecule has 0 bridgehead atoms. The van der Waals surface area contributed by atoms with Gasteiger partial charge in [-0.2, -0.15) is 0 Å². The Morgan fingerprint density at radius 3 is 2.54 bits per heavy atom. The van der Waals surface area contributed by atoms with Crippen molar-refractivity contribution < 1.29 is 19.2 Å². The average Bonchev–Trinajstić information content (AvgIpc) is 2.64. The normalized spacial score (nSPS) is 16.5. The number of amides is 1. The van der Waals surface area contributed by atoms with Gasteiger partial charge >= 0.3 is 6.09 Å². The standard InChI is InChI=1S/C20H31N3O5/c1-14(17-12-16(27-5)6-7-18(17)23(25)26)13-21-15-8-10-22(11-9-15)19(24)28-20(2,3)4/h6-7,12,14-15,21H,8-11,13H2,1-5H3. The van der Waals surface area contributed by atoms with Crippen molar-refractivity contribution in [3.05, 3.63) is 33.9 Å². The SMILES string of the molecule is COc1ccc([N+](=O)[O-])c(C(C)CNC2CCN(C(=O)OC(C)(C)C)CC2)c1. The minimum absolute atomic E-state index is 0.0422. The van der Waals surface area contributed by atoms with Gasteiger partial charge in [0.2, 0.25) is 0 Å². The number of methoxy groups -OCH3 is 1. The maximum Gasteiger partial charge on any atom is 0.410 e. The zero-order chi connectivity index (χ0) is 20.9. The van der Waals surface area contributed by atoms with E-state index in [1.165, 1.54) is 6.07 Å². The number of piperidine rings is 1. The highest BCUT2D eigenvalue weighted by atomic mass is 16.6. The maximum absolute atomic E-state index is 12.1. The molecule has 156 valence electrons. The summed E-state index contributed by atoms with van der Waals surface area (Å²) in [6.07, 6.45) is 1.38. The van der Waals surface area contributed by atoms with Gasteiger partial charge in [-0.05, 0) is 45.7 Å². The van der Waals surface area contributed by atoms with Crippen molar-refractivity contribution in [2.24, 2.45) is 0 Å². The van der Waals surface area contributed by atoms with Crippen LogP contribution < -0.4 is 10.1 Å². The first kappa shape index (κ1) is 21.9. The van der Waals surface area contributed by atoms with Crippen LogP contribution in [0.15, 0.2) is 18.2 Å². The number of rotatable bonds is 6. The predicted octanol–water partition coefficient (Wildman–Crippen LogP) is 3.70. The molecule has 0 aliphatic carbocycles. The maximum atomic E-state index is 12.1. The Labute approximate surface area is 166 Å². The molecule has 1 atom stereocenters. The van der Waals surface area contributed by atoms with Crippen LogP contribution in [0.5, 0.6) is 5.75 Å². The predicted molar refractivity (Wildman–Crippen MR) is 107 cm³/mol. The van der Waals surface area contributed by atoms with Crippen LogP contribution in [0.1, 0.15) is 52.0 Å². The molecule has 1 saturated heterocycles. The van der Waals surface area contributed by atoms with E-state index in [4.69, 9.17) is 9.47 Å². The molecule has 1 aromatic carbocycles. The van der Waals surface area contributed by atoms with Gasteiger partial charge in [-0.1, -0.05) is 6.92 Å². The van der Waals surface area contributed by atoms with Crippen LogP contribution >= 0.6 is 0 Å². The topological polar surface area (TPSA) is 93.9 Å². The zero-order valence-electron chi connectivity index (χ0n) is 17.4. The fourth-order valence-electron chi connectivity index (χ4n) is 3.27. The van der Waals surface area contributed by atoms with Crippen molar-refractivity contribution in [3.63, 3.8) is 0 Å². The highest BCUT2D eigenvalue weighted by Crippen LogP contribution is 2.30. The summed E-state index contributed by atoms with van der Waals surface area (Å²) in [6.45, 7) is 9.44. The summed E-state index contributed by atoms with van der Waals surface area (Å²) >= 11 is 0. The van der Waals surface area contributed by atoms with Crippen molar-refractivity contribution in [1.29, 1.82) is 0 Å². The lowest BCUT2D eigenvalue weighted by Crippen LogP contribution is -2.47. The number of nitrogens with zero attached hydrogens (tertiary/aromatic N) is 2. The van der Waals surface area contributed by atoms with E-state index in [0.717, 1.165) is 12.8 Å². The number of carbonyl (C=O) groups is 1. The number of benzene rings is 1. The molecule has 0 aromatic heterocycles. The van der Waals surface area contributed by atoms with Crippen molar-refractivity contribution in [3.8, 4) is 5.75 Å². The molecule has 2 rings (SSSR count). The van der Waals surface area contributed by atoms with Crippen LogP contribution in [0.4, 0.5) is 10.5 Å². The third kappa shape index (κ3) is 6.09. The molecule has 1 aliphatic heterocycles. The molecule has 8 heteroatoms. The number of hydrogen-bond acceptors (Lipinski definition) is 6. The zero-order valence-corrected chi connectivity index (χ0v) is 17.4. The van der Waals surface area contributed by atoms with Crippen LogP contribution in [0, 0.1) is 10.1 Å². The van der Waals surface area contributed by atoms with Gasteiger partial charge in [-0.15, -0.1) is 0 Å². The van der Waals surface area contributed by atoms with Crippen molar-refractivity contribution in [2.45, 2.75) is 58.1 Å². The Kier molecular flexibility index (Phi) is 7.23. The number of nitro groups is 1. The molecule has 1 heterocycles. The first-order valence-electron chi connectivity index (χ1n) is 9.64. The highest BCUT2D eigenvalue weighted by Gasteiger charge is 2.27. The number of nitro benzene ring substituents is 1. The van der Waals surface area contributed by atoms with Crippen LogP contribution in [0.3, 0.4) is 0 Å². The quantitative estimate of drug-likeness (QED) is 0.585. The molecule has 1 N–H and O–H groups in total. The molecule has 28 heavy (non-hydrogen) atoms. The molecule has 1 amide bonds. The number of nitrogens with one attached hydrogen (secondary N) is 1. The van der Waals surface area contributed by atoms with Crippen LogP contribution in [0.25, 0.3) is 0 Å². The summed E-state index contributed by atoms with van der Waals surface area (Å²) in [5.74, 6) is 0.567. The van der Waals surface area contributed by atoms with Gasteiger partial charge in [0, 0.05) is 43.2 Å². The third-order valence-electron chi connectivity index (χ3n) is 4.82. The summed E-state index contributed by atoms with van der Waals surface area (Å²) in [5.41, 5.74) is 0.269. The number of carbonyl (C=O) groups excluding carboxylic acids is 1. The third-order valence-corrected chi connectivity index (χ3v) is 4.82. The first-order chi connectivity index (χ1) is 13.1. The van der Waals surface area contributed by atoms with E-state index < -0.39 is 5.60 Å². The van der Waals surface area contributed by atoms with Crippen LogP contribution in [0.2, 0.25) is 0 Å². The summed E-state index contributed by atoms with van der Waals surface area (Å²) < 4.78 is 10.6.